The van der Waals surface area contributed by atoms with Crippen molar-refractivity contribution in [2.75, 3.05) is 18.2 Å². The summed E-state index contributed by atoms with van der Waals surface area (Å²) in [4.78, 5) is 19.6. The number of amides is 1. The van der Waals surface area contributed by atoms with Crippen molar-refractivity contribution >= 4 is 33.3 Å². The maximum absolute atomic E-state index is 11.9. The summed E-state index contributed by atoms with van der Waals surface area (Å²) in [5, 5.41) is 2.69. The van der Waals surface area contributed by atoms with E-state index in [-0.39, 0.29) is 17.4 Å². The summed E-state index contributed by atoms with van der Waals surface area (Å²) in [7, 11) is 1.55. The molecule has 1 aromatic heterocycles. The summed E-state index contributed by atoms with van der Waals surface area (Å²) in [5.41, 5.74) is 6.22. The third-order valence-electron chi connectivity index (χ3n) is 2.29. The van der Waals surface area contributed by atoms with Crippen LogP contribution in [-0.2, 0) is 0 Å². The molecule has 3 N–H and O–H groups in total. The lowest BCUT2D eigenvalue weighted by atomic mass is 10.3. The lowest BCUT2D eigenvalue weighted by Crippen LogP contribution is -2.14. The molecule has 0 saturated heterocycles. The summed E-state index contributed by atoms with van der Waals surface area (Å²) in [5.74, 6) is 0.432. The number of aromatic nitrogens is 2. The topological polar surface area (TPSA) is 90.1 Å². The Morgan fingerprint density at radius 3 is 2.89 bits per heavy atom. The van der Waals surface area contributed by atoms with Gasteiger partial charge in [-0.05, 0) is 28.1 Å². The van der Waals surface area contributed by atoms with Gasteiger partial charge in [-0.3, -0.25) is 9.78 Å². The van der Waals surface area contributed by atoms with E-state index in [1.165, 1.54) is 12.4 Å². The molecule has 0 bridgehead atoms. The van der Waals surface area contributed by atoms with Crippen molar-refractivity contribution in [2.45, 2.75) is 0 Å². The summed E-state index contributed by atoms with van der Waals surface area (Å²) in [6, 6.07) is 5.21. The molecule has 2 rings (SSSR count). The van der Waals surface area contributed by atoms with Gasteiger partial charge in [0.1, 0.15) is 17.3 Å². The first-order valence-electron chi connectivity index (χ1n) is 5.32. The van der Waals surface area contributed by atoms with Crippen LogP contribution < -0.4 is 15.8 Å². The number of rotatable bonds is 3. The van der Waals surface area contributed by atoms with Gasteiger partial charge in [-0.2, -0.15) is 0 Å². The molecule has 1 aromatic carbocycles. The zero-order valence-electron chi connectivity index (χ0n) is 10.1. The van der Waals surface area contributed by atoms with Gasteiger partial charge in [0, 0.05) is 11.8 Å². The van der Waals surface area contributed by atoms with Gasteiger partial charge in [0.05, 0.1) is 24.0 Å². The molecule has 0 aliphatic heterocycles. The molecule has 0 aliphatic carbocycles. The molecule has 1 amide bonds. The summed E-state index contributed by atoms with van der Waals surface area (Å²) in [6.45, 7) is 0. The van der Waals surface area contributed by atoms with E-state index >= 15 is 0 Å². The van der Waals surface area contributed by atoms with Gasteiger partial charge in [0.15, 0.2) is 0 Å². The van der Waals surface area contributed by atoms with Crippen molar-refractivity contribution in [3.63, 3.8) is 0 Å². The van der Waals surface area contributed by atoms with Crippen molar-refractivity contribution in [3.8, 4) is 5.75 Å². The standard InChI is InChI=1S/C12H11BrN4O2/c1-19-10-4-7(2-3-8(10)13)16-12(18)9-5-15-6-11(14)17-9/h2-6H,1H3,(H2,14,17)(H,16,18). The Morgan fingerprint density at radius 2 is 2.21 bits per heavy atom. The fraction of sp³-hybridized carbons (Fsp3) is 0.0833. The zero-order valence-corrected chi connectivity index (χ0v) is 11.6. The van der Waals surface area contributed by atoms with Crippen LogP contribution in [0.25, 0.3) is 0 Å². The van der Waals surface area contributed by atoms with Gasteiger partial charge in [0.25, 0.3) is 5.91 Å². The summed E-state index contributed by atoms with van der Waals surface area (Å²) < 4.78 is 5.95. The number of methoxy groups -OCH3 is 1. The maximum Gasteiger partial charge on any atom is 0.275 e. The predicted octanol–water partition coefficient (Wildman–Crippen LogP) is 2.08. The van der Waals surface area contributed by atoms with Gasteiger partial charge in [-0.15, -0.1) is 0 Å². The average molecular weight is 323 g/mol. The largest absolute Gasteiger partial charge is 0.495 e. The number of halogens is 1. The second kappa shape index (κ2) is 5.66. The van der Waals surface area contributed by atoms with Crippen molar-refractivity contribution in [1.29, 1.82) is 0 Å². The predicted molar refractivity (Wildman–Crippen MR) is 75.1 cm³/mol. The van der Waals surface area contributed by atoms with E-state index in [9.17, 15) is 4.79 Å². The molecule has 0 spiro atoms. The molecule has 98 valence electrons. The van der Waals surface area contributed by atoms with Crippen LogP contribution in [0.5, 0.6) is 5.75 Å². The highest BCUT2D eigenvalue weighted by Crippen LogP contribution is 2.27. The first-order chi connectivity index (χ1) is 9.10. The number of carbonyl (C=O) groups excluding carboxylic acids is 1. The fourth-order valence-corrected chi connectivity index (χ4v) is 1.83. The molecule has 0 fully saturated rings. The third kappa shape index (κ3) is 3.19. The van der Waals surface area contributed by atoms with Crippen molar-refractivity contribution in [2.24, 2.45) is 0 Å². The van der Waals surface area contributed by atoms with Crippen LogP contribution in [0, 0.1) is 0 Å². The molecule has 19 heavy (non-hydrogen) atoms. The number of benzene rings is 1. The van der Waals surface area contributed by atoms with E-state index in [1.807, 2.05) is 0 Å². The monoisotopic (exact) mass is 322 g/mol. The fourth-order valence-electron chi connectivity index (χ4n) is 1.42. The lowest BCUT2D eigenvalue weighted by Gasteiger charge is -2.08. The molecule has 7 heteroatoms. The number of nitrogens with two attached hydrogens (primary N) is 1. The highest BCUT2D eigenvalue weighted by atomic mass is 79.9. The Hall–Kier alpha value is -2.15. The molecule has 0 atom stereocenters. The van der Waals surface area contributed by atoms with Crippen molar-refractivity contribution < 1.29 is 9.53 Å². The normalized spacial score (nSPS) is 10.0. The second-order valence-electron chi connectivity index (χ2n) is 3.63. The van der Waals surface area contributed by atoms with E-state index in [0.29, 0.717) is 11.4 Å². The van der Waals surface area contributed by atoms with E-state index in [4.69, 9.17) is 10.5 Å². The Kier molecular flexibility index (Phi) is 3.96. The number of ether oxygens (including phenoxy) is 1. The van der Waals surface area contributed by atoms with Crippen LogP contribution in [-0.4, -0.2) is 23.0 Å². The van der Waals surface area contributed by atoms with Crippen LogP contribution in [0.3, 0.4) is 0 Å². The Morgan fingerprint density at radius 1 is 1.42 bits per heavy atom. The first kappa shape index (κ1) is 13.3. The quantitative estimate of drug-likeness (QED) is 0.902. The highest BCUT2D eigenvalue weighted by Gasteiger charge is 2.10. The molecular formula is C12H11BrN4O2. The van der Waals surface area contributed by atoms with Crippen LogP contribution in [0.4, 0.5) is 11.5 Å². The summed E-state index contributed by atoms with van der Waals surface area (Å²) in [6.07, 6.45) is 2.72. The molecule has 0 radical (unpaired) electrons. The van der Waals surface area contributed by atoms with Gasteiger partial charge in [-0.25, -0.2) is 4.98 Å². The number of nitrogens with one attached hydrogen (secondary N) is 1. The number of nitrogen functional groups attached to an aromatic ring is 1. The number of hydrogen-bond donors (Lipinski definition) is 2. The van der Waals surface area contributed by atoms with Gasteiger partial charge >= 0.3 is 0 Å². The summed E-state index contributed by atoms with van der Waals surface area (Å²) >= 11 is 3.33. The van der Waals surface area contributed by atoms with E-state index in [1.54, 1.807) is 25.3 Å². The van der Waals surface area contributed by atoms with Crippen molar-refractivity contribution in [3.05, 3.63) is 40.8 Å². The first-order valence-corrected chi connectivity index (χ1v) is 6.12. The second-order valence-corrected chi connectivity index (χ2v) is 4.49. The molecule has 0 saturated carbocycles. The van der Waals surface area contributed by atoms with E-state index < -0.39 is 0 Å². The Bertz CT molecular complexity index is 618. The van der Waals surface area contributed by atoms with Gasteiger partial charge in [-0.1, -0.05) is 0 Å². The third-order valence-corrected chi connectivity index (χ3v) is 2.95. The number of hydrogen-bond acceptors (Lipinski definition) is 5. The van der Waals surface area contributed by atoms with E-state index in [2.05, 4.69) is 31.2 Å². The minimum Gasteiger partial charge on any atom is -0.495 e. The SMILES string of the molecule is COc1cc(NC(=O)c2cncc(N)n2)ccc1Br. The minimum atomic E-state index is -0.385. The van der Waals surface area contributed by atoms with Crippen LogP contribution in [0.15, 0.2) is 35.1 Å². The number of anilines is 2. The number of carbonyl (C=O) groups is 1. The molecule has 1 heterocycles. The smallest absolute Gasteiger partial charge is 0.275 e. The lowest BCUT2D eigenvalue weighted by molar-refractivity contribution is 0.102. The maximum atomic E-state index is 11.9. The average Bonchev–Trinajstić information content (AvgIpc) is 2.41. The van der Waals surface area contributed by atoms with E-state index in [0.717, 1.165) is 4.47 Å². The minimum absolute atomic E-state index is 0.155. The molecule has 2 aromatic rings. The van der Waals surface area contributed by atoms with Crippen LogP contribution >= 0.6 is 15.9 Å². The highest BCUT2D eigenvalue weighted by molar-refractivity contribution is 9.10. The molecule has 0 aliphatic rings. The van der Waals surface area contributed by atoms with Gasteiger partial charge < -0.3 is 15.8 Å². The molecule has 6 nitrogen and oxygen atoms in total. The van der Waals surface area contributed by atoms with Gasteiger partial charge in [0.2, 0.25) is 0 Å². The Labute approximate surface area is 118 Å². The van der Waals surface area contributed by atoms with Crippen LogP contribution in [0.2, 0.25) is 0 Å². The van der Waals surface area contributed by atoms with Crippen LogP contribution in [0.1, 0.15) is 10.5 Å². The van der Waals surface area contributed by atoms with Crippen molar-refractivity contribution in [1.82, 2.24) is 9.97 Å². The molecule has 0 unspecified atom stereocenters. The zero-order chi connectivity index (χ0) is 13.8. The number of nitrogens with zero attached hydrogens (tertiary/aromatic N) is 2. The Balaban J connectivity index is 2.19. The molecular weight excluding hydrogens is 312 g/mol.